The summed E-state index contributed by atoms with van der Waals surface area (Å²) in [5.74, 6) is 0.499. The first-order valence-electron chi connectivity index (χ1n) is 10.3. The number of anilines is 1. The molecule has 1 aromatic heterocycles. The summed E-state index contributed by atoms with van der Waals surface area (Å²) in [5, 5.41) is 2.77. The van der Waals surface area contributed by atoms with Gasteiger partial charge in [-0.1, -0.05) is 0 Å². The van der Waals surface area contributed by atoms with Gasteiger partial charge in [0.05, 0.1) is 11.0 Å². The number of hydrogen-bond acceptors (Lipinski definition) is 8. The zero-order valence-corrected chi connectivity index (χ0v) is 17.9. The standard InChI is InChI=1S/C22H21FN2O6S/c23-15-5-3-14(4-6-15)20-25-22(21(31-20)24-13-16-2-1-9-28-16)32(26,27)17-7-8-18-19(12-17)30-11-10-29-18/h3-8,12,16,24H,1-2,9-11,13H2. The van der Waals surface area contributed by atoms with E-state index in [1.807, 2.05) is 0 Å². The third kappa shape index (κ3) is 4.03. The number of nitrogens with zero attached hydrogens (tertiary/aromatic N) is 1. The number of ether oxygens (including phenoxy) is 3. The molecule has 0 bridgehead atoms. The van der Waals surface area contributed by atoms with E-state index in [-0.39, 0.29) is 27.8 Å². The van der Waals surface area contributed by atoms with Crippen molar-refractivity contribution < 1.29 is 31.4 Å². The molecule has 3 aromatic rings. The van der Waals surface area contributed by atoms with Gasteiger partial charge in [0.1, 0.15) is 19.0 Å². The monoisotopic (exact) mass is 460 g/mol. The molecule has 0 amide bonds. The molecule has 1 saturated heterocycles. The Morgan fingerprint density at radius 3 is 2.56 bits per heavy atom. The molecule has 168 valence electrons. The van der Waals surface area contributed by atoms with Crippen molar-refractivity contribution in [3.05, 3.63) is 48.3 Å². The van der Waals surface area contributed by atoms with Gasteiger partial charge in [0.25, 0.3) is 0 Å². The average Bonchev–Trinajstić information content (AvgIpc) is 3.48. The SMILES string of the molecule is O=S(=O)(c1ccc2c(c1)OCCO2)c1nc(-c2ccc(F)cc2)oc1NCC1CCCO1. The van der Waals surface area contributed by atoms with Gasteiger partial charge in [-0.15, -0.1) is 0 Å². The quantitative estimate of drug-likeness (QED) is 0.595. The van der Waals surface area contributed by atoms with E-state index in [4.69, 9.17) is 18.6 Å². The van der Waals surface area contributed by atoms with Crippen molar-refractivity contribution in [2.75, 3.05) is 31.7 Å². The van der Waals surface area contributed by atoms with E-state index in [1.54, 1.807) is 6.07 Å². The molecule has 1 unspecified atom stereocenters. The lowest BCUT2D eigenvalue weighted by atomic mass is 10.2. The average molecular weight is 460 g/mol. The molecular weight excluding hydrogens is 439 g/mol. The maximum Gasteiger partial charge on any atom is 0.233 e. The van der Waals surface area contributed by atoms with Crippen LogP contribution in [0.15, 0.2) is 56.8 Å². The van der Waals surface area contributed by atoms with E-state index in [0.717, 1.165) is 12.8 Å². The number of fused-ring (bicyclic) bond motifs is 1. The van der Waals surface area contributed by atoms with Crippen LogP contribution < -0.4 is 14.8 Å². The lowest BCUT2D eigenvalue weighted by molar-refractivity contribution is 0.120. The van der Waals surface area contributed by atoms with Crippen LogP contribution in [0.25, 0.3) is 11.5 Å². The lowest BCUT2D eigenvalue weighted by Gasteiger charge is -2.18. The second-order valence-electron chi connectivity index (χ2n) is 7.49. The number of aromatic nitrogens is 1. The van der Waals surface area contributed by atoms with E-state index >= 15 is 0 Å². The Kier molecular flexibility index (Phi) is 5.48. The highest BCUT2D eigenvalue weighted by atomic mass is 32.2. The molecule has 1 fully saturated rings. The number of oxazole rings is 1. The minimum absolute atomic E-state index is 0.000808. The van der Waals surface area contributed by atoms with Crippen molar-refractivity contribution in [1.29, 1.82) is 0 Å². The van der Waals surface area contributed by atoms with Gasteiger partial charge >= 0.3 is 0 Å². The molecule has 10 heteroatoms. The molecule has 32 heavy (non-hydrogen) atoms. The molecule has 3 heterocycles. The molecular formula is C22H21FN2O6S. The van der Waals surface area contributed by atoms with Crippen LogP contribution in [0.1, 0.15) is 12.8 Å². The third-order valence-corrected chi connectivity index (χ3v) is 6.94. The first-order chi connectivity index (χ1) is 15.5. The smallest absolute Gasteiger partial charge is 0.233 e. The van der Waals surface area contributed by atoms with Crippen molar-refractivity contribution in [3.63, 3.8) is 0 Å². The minimum Gasteiger partial charge on any atom is -0.486 e. The minimum atomic E-state index is -4.06. The first-order valence-corrected chi connectivity index (χ1v) is 11.8. The van der Waals surface area contributed by atoms with E-state index in [2.05, 4.69) is 10.3 Å². The number of halogens is 1. The molecule has 0 spiro atoms. The van der Waals surface area contributed by atoms with Crippen molar-refractivity contribution in [3.8, 4) is 23.0 Å². The zero-order chi connectivity index (χ0) is 22.1. The molecule has 2 aliphatic heterocycles. The van der Waals surface area contributed by atoms with Crippen LogP contribution in [0.3, 0.4) is 0 Å². The number of benzene rings is 2. The highest BCUT2D eigenvalue weighted by molar-refractivity contribution is 7.91. The number of hydrogen-bond donors (Lipinski definition) is 1. The van der Waals surface area contributed by atoms with E-state index < -0.39 is 15.7 Å². The van der Waals surface area contributed by atoms with Crippen LogP contribution >= 0.6 is 0 Å². The summed E-state index contributed by atoms with van der Waals surface area (Å²) in [6.45, 7) is 1.79. The van der Waals surface area contributed by atoms with Gasteiger partial charge in [0.2, 0.25) is 26.6 Å². The highest BCUT2D eigenvalue weighted by Gasteiger charge is 2.30. The Labute approximate surface area is 184 Å². The Bertz CT molecular complexity index is 1220. The van der Waals surface area contributed by atoms with E-state index in [1.165, 1.54) is 36.4 Å². The molecule has 0 aliphatic carbocycles. The Hall–Kier alpha value is -3.11. The molecule has 0 saturated carbocycles. The summed E-state index contributed by atoms with van der Waals surface area (Å²) in [7, 11) is -4.06. The lowest BCUT2D eigenvalue weighted by Crippen LogP contribution is -2.19. The summed E-state index contributed by atoms with van der Waals surface area (Å²) < 4.78 is 62.7. The predicted octanol–water partition coefficient (Wildman–Crippen LogP) is 3.68. The molecule has 2 aromatic carbocycles. The highest BCUT2D eigenvalue weighted by Crippen LogP contribution is 2.37. The van der Waals surface area contributed by atoms with Gasteiger partial charge in [0, 0.05) is 24.8 Å². The molecule has 2 aliphatic rings. The second-order valence-corrected chi connectivity index (χ2v) is 9.35. The maximum atomic E-state index is 13.5. The van der Waals surface area contributed by atoms with Crippen molar-refractivity contribution >= 4 is 15.7 Å². The fourth-order valence-electron chi connectivity index (χ4n) is 3.63. The van der Waals surface area contributed by atoms with Crippen LogP contribution in [-0.4, -0.2) is 45.9 Å². The first kappa shape index (κ1) is 20.8. The van der Waals surface area contributed by atoms with Gasteiger partial charge in [-0.05, 0) is 49.2 Å². The van der Waals surface area contributed by atoms with Crippen molar-refractivity contribution in [2.24, 2.45) is 0 Å². The second kappa shape index (κ2) is 8.44. The van der Waals surface area contributed by atoms with Crippen molar-refractivity contribution in [2.45, 2.75) is 28.9 Å². The number of rotatable bonds is 6. The van der Waals surface area contributed by atoms with Crippen LogP contribution in [0.4, 0.5) is 10.3 Å². The molecule has 8 nitrogen and oxygen atoms in total. The Balaban J connectivity index is 1.53. The van der Waals surface area contributed by atoms with Crippen molar-refractivity contribution in [1.82, 2.24) is 4.98 Å². The van der Waals surface area contributed by atoms with Crippen LogP contribution in [0, 0.1) is 5.82 Å². The topological polar surface area (TPSA) is 99.9 Å². The van der Waals surface area contributed by atoms with Gasteiger partial charge in [0.15, 0.2) is 11.5 Å². The molecule has 0 radical (unpaired) electrons. The molecule has 1 N–H and O–H groups in total. The van der Waals surface area contributed by atoms with Crippen LogP contribution in [0.5, 0.6) is 11.5 Å². The maximum absolute atomic E-state index is 13.5. The predicted molar refractivity (Wildman–Crippen MR) is 112 cm³/mol. The summed E-state index contributed by atoms with van der Waals surface area (Å²) >= 11 is 0. The summed E-state index contributed by atoms with van der Waals surface area (Å²) in [4.78, 5) is 4.26. The van der Waals surface area contributed by atoms with Crippen LogP contribution in [-0.2, 0) is 14.6 Å². The zero-order valence-electron chi connectivity index (χ0n) is 17.0. The summed E-state index contributed by atoms with van der Waals surface area (Å²) in [6.07, 6.45) is 1.78. The number of nitrogens with one attached hydrogen (secondary N) is 1. The number of sulfone groups is 1. The molecule has 1 atom stereocenters. The normalized spacial score (nSPS) is 18.0. The van der Waals surface area contributed by atoms with Gasteiger partial charge < -0.3 is 23.9 Å². The van der Waals surface area contributed by atoms with Gasteiger partial charge in [-0.25, -0.2) is 12.8 Å². The summed E-state index contributed by atoms with van der Waals surface area (Å²) in [6, 6.07) is 9.89. The fourth-order valence-corrected chi connectivity index (χ4v) is 4.92. The summed E-state index contributed by atoms with van der Waals surface area (Å²) in [5.41, 5.74) is 0.454. The third-order valence-electron chi connectivity index (χ3n) is 5.28. The van der Waals surface area contributed by atoms with E-state index in [0.29, 0.717) is 43.4 Å². The largest absolute Gasteiger partial charge is 0.486 e. The molecule has 5 rings (SSSR count). The Morgan fingerprint density at radius 1 is 1.03 bits per heavy atom. The Morgan fingerprint density at radius 2 is 1.81 bits per heavy atom. The van der Waals surface area contributed by atoms with Gasteiger partial charge in [-0.2, -0.15) is 4.98 Å². The van der Waals surface area contributed by atoms with Gasteiger partial charge in [-0.3, -0.25) is 0 Å². The fraction of sp³-hybridized carbons (Fsp3) is 0.318. The van der Waals surface area contributed by atoms with Crippen LogP contribution in [0.2, 0.25) is 0 Å². The van der Waals surface area contributed by atoms with E-state index in [9.17, 15) is 12.8 Å².